The number of aromatic nitrogens is 1. The van der Waals surface area contributed by atoms with E-state index in [1.165, 1.54) is 11.3 Å². The Hall–Kier alpha value is -1.34. The molecule has 0 radical (unpaired) electrons. The highest BCUT2D eigenvalue weighted by molar-refractivity contribution is 7.18. The lowest BCUT2D eigenvalue weighted by Crippen LogP contribution is -2.39. The molecule has 1 aliphatic carbocycles. The number of hydrogen-bond donors (Lipinski definition) is 3. The summed E-state index contributed by atoms with van der Waals surface area (Å²) in [6.07, 6.45) is 2.97. The number of carbonyl (C=O) groups excluding carboxylic acids is 1. The van der Waals surface area contributed by atoms with Crippen LogP contribution in [0.15, 0.2) is 0 Å². The second kappa shape index (κ2) is 5.21. The lowest BCUT2D eigenvalue weighted by Gasteiger charge is -2.29. The van der Waals surface area contributed by atoms with E-state index in [9.17, 15) is 4.79 Å². The van der Waals surface area contributed by atoms with Crippen molar-refractivity contribution in [3.8, 4) is 0 Å². The molecule has 2 unspecified atom stereocenters. The molecule has 2 heterocycles. The van der Waals surface area contributed by atoms with Crippen LogP contribution < -0.4 is 21.7 Å². The first-order valence-electron chi connectivity index (χ1n) is 7.12. The normalized spacial score (nSPS) is 26.6. The molecule has 1 saturated heterocycles. The minimum atomic E-state index is -0.0886. The van der Waals surface area contributed by atoms with Gasteiger partial charge in [-0.1, -0.05) is 18.3 Å². The number of anilines is 2. The molecule has 20 heavy (non-hydrogen) atoms. The number of nitrogens with one attached hydrogen (secondary N) is 1. The van der Waals surface area contributed by atoms with Gasteiger partial charge in [0.1, 0.15) is 10.7 Å². The third-order valence-electron chi connectivity index (χ3n) is 4.08. The number of piperidine rings is 1. The molecule has 2 aliphatic rings. The Bertz CT molecular complexity index is 509. The van der Waals surface area contributed by atoms with Gasteiger partial charge in [0.05, 0.1) is 0 Å². The number of nitrogen functional groups attached to an aromatic ring is 1. The highest BCUT2D eigenvalue weighted by atomic mass is 32.1. The molecule has 7 heteroatoms. The van der Waals surface area contributed by atoms with E-state index in [1.807, 2.05) is 0 Å². The Morgan fingerprint density at radius 3 is 2.70 bits per heavy atom. The van der Waals surface area contributed by atoms with Gasteiger partial charge in [0.15, 0.2) is 5.13 Å². The highest BCUT2D eigenvalue weighted by Gasteiger charge is 2.35. The first kappa shape index (κ1) is 13.6. The largest absolute Gasteiger partial charge is 0.382 e. The average Bonchev–Trinajstić information content (AvgIpc) is 2.95. The Labute approximate surface area is 122 Å². The predicted octanol–water partition coefficient (Wildman–Crippen LogP) is 0.791. The fraction of sp³-hybridized carbons (Fsp3) is 0.692. The zero-order valence-corrected chi connectivity index (χ0v) is 12.4. The van der Waals surface area contributed by atoms with Crippen LogP contribution in [0, 0.1) is 5.92 Å². The lowest BCUT2D eigenvalue weighted by molar-refractivity contribution is 0.0954. The van der Waals surface area contributed by atoms with E-state index in [0.717, 1.165) is 37.5 Å². The van der Waals surface area contributed by atoms with Crippen LogP contribution in [-0.4, -0.2) is 36.1 Å². The minimum Gasteiger partial charge on any atom is -0.382 e. The molecule has 0 aromatic carbocycles. The molecule has 1 aromatic rings. The quantitative estimate of drug-likeness (QED) is 0.766. The van der Waals surface area contributed by atoms with E-state index in [2.05, 4.69) is 22.1 Å². The summed E-state index contributed by atoms with van der Waals surface area (Å²) in [5.74, 6) is 0.830. The van der Waals surface area contributed by atoms with Crippen LogP contribution >= 0.6 is 11.3 Å². The standard InChI is InChI=1S/C13H21N5OS/c1-7-6-9(7)16-12(19)10-11(15)17-13(20-10)18-4-2-8(14)3-5-18/h7-9H,2-6,14-15H2,1H3,(H,16,19). The second-order valence-corrected chi connectivity index (χ2v) is 6.81. The summed E-state index contributed by atoms with van der Waals surface area (Å²) in [6, 6.07) is 0.586. The van der Waals surface area contributed by atoms with Gasteiger partial charge in [-0.25, -0.2) is 4.98 Å². The van der Waals surface area contributed by atoms with Crippen molar-refractivity contribution in [1.29, 1.82) is 0 Å². The van der Waals surface area contributed by atoms with E-state index < -0.39 is 0 Å². The van der Waals surface area contributed by atoms with Crippen molar-refractivity contribution in [3.63, 3.8) is 0 Å². The average molecular weight is 295 g/mol. The van der Waals surface area contributed by atoms with Crippen molar-refractivity contribution in [2.24, 2.45) is 11.7 Å². The summed E-state index contributed by atoms with van der Waals surface area (Å²) in [5, 5.41) is 3.83. The van der Waals surface area contributed by atoms with Crippen molar-refractivity contribution < 1.29 is 4.79 Å². The third kappa shape index (κ3) is 2.73. The van der Waals surface area contributed by atoms with Gasteiger partial charge in [-0.05, 0) is 25.2 Å². The summed E-state index contributed by atoms with van der Waals surface area (Å²) >= 11 is 1.38. The van der Waals surface area contributed by atoms with Crippen LogP contribution in [0.5, 0.6) is 0 Å². The molecular formula is C13H21N5OS. The first-order valence-corrected chi connectivity index (χ1v) is 7.94. The Morgan fingerprint density at radius 1 is 1.45 bits per heavy atom. The van der Waals surface area contributed by atoms with Gasteiger partial charge in [0, 0.05) is 25.2 Å². The number of hydrogen-bond acceptors (Lipinski definition) is 6. The van der Waals surface area contributed by atoms with Gasteiger partial charge >= 0.3 is 0 Å². The number of carbonyl (C=O) groups is 1. The maximum atomic E-state index is 12.2. The van der Waals surface area contributed by atoms with E-state index >= 15 is 0 Å². The molecule has 110 valence electrons. The Balaban J connectivity index is 1.68. The second-order valence-electron chi connectivity index (χ2n) is 5.83. The molecule has 5 N–H and O–H groups in total. The number of amides is 1. The molecule has 2 fully saturated rings. The van der Waals surface area contributed by atoms with Gasteiger partial charge in [-0.2, -0.15) is 0 Å². The number of nitrogens with zero attached hydrogens (tertiary/aromatic N) is 2. The van der Waals surface area contributed by atoms with Crippen molar-refractivity contribution >= 4 is 28.2 Å². The molecule has 1 aromatic heterocycles. The van der Waals surface area contributed by atoms with Crippen LogP contribution in [0.25, 0.3) is 0 Å². The predicted molar refractivity (Wildman–Crippen MR) is 81.0 cm³/mol. The van der Waals surface area contributed by atoms with E-state index in [4.69, 9.17) is 11.5 Å². The zero-order valence-electron chi connectivity index (χ0n) is 11.6. The molecule has 1 aliphatic heterocycles. The molecule has 0 spiro atoms. The summed E-state index contributed by atoms with van der Waals surface area (Å²) in [4.78, 5) is 19.2. The lowest BCUT2D eigenvalue weighted by atomic mass is 10.1. The van der Waals surface area contributed by atoms with Crippen LogP contribution in [0.3, 0.4) is 0 Å². The molecule has 0 bridgehead atoms. The summed E-state index contributed by atoms with van der Waals surface area (Å²) < 4.78 is 0. The Kier molecular flexibility index (Phi) is 3.55. The maximum absolute atomic E-state index is 12.2. The van der Waals surface area contributed by atoms with E-state index in [-0.39, 0.29) is 11.9 Å². The number of rotatable bonds is 3. The summed E-state index contributed by atoms with van der Waals surface area (Å²) in [5.41, 5.74) is 11.8. The zero-order chi connectivity index (χ0) is 14.3. The monoisotopic (exact) mass is 295 g/mol. The molecule has 2 atom stereocenters. The van der Waals surface area contributed by atoms with Gasteiger partial charge < -0.3 is 21.7 Å². The van der Waals surface area contributed by atoms with Crippen LogP contribution in [-0.2, 0) is 0 Å². The van der Waals surface area contributed by atoms with Crippen LogP contribution in [0.1, 0.15) is 35.9 Å². The highest BCUT2D eigenvalue weighted by Crippen LogP contribution is 2.32. The van der Waals surface area contributed by atoms with Crippen molar-refractivity contribution in [3.05, 3.63) is 4.88 Å². The third-order valence-corrected chi connectivity index (χ3v) is 5.22. The molecule has 1 amide bonds. The molecule has 6 nitrogen and oxygen atoms in total. The van der Waals surface area contributed by atoms with Crippen LogP contribution in [0.4, 0.5) is 10.9 Å². The van der Waals surface area contributed by atoms with Gasteiger partial charge in [0.2, 0.25) is 0 Å². The van der Waals surface area contributed by atoms with Gasteiger partial charge in [-0.3, -0.25) is 4.79 Å². The fourth-order valence-electron chi connectivity index (χ4n) is 2.47. The summed E-state index contributed by atoms with van der Waals surface area (Å²) in [6.45, 7) is 3.90. The minimum absolute atomic E-state index is 0.0886. The first-order chi connectivity index (χ1) is 9.54. The van der Waals surface area contributed by atoms with Gasteiger partial charge in [-0.15, -0.1) is 0 Å². The van der Waals surface area contributed by atoms with E-state index in [1.54, 1.807) is 0 Å². The molecular weight excluding hydrogens is 274 g/mol. The SMILES string of the molecule is CC1CC1NC(=O)c1sc(N2CCC(N)CC2)nc1N. The van der Waals surface area contributed by atoms with Gasteiger partial charge in [0.25, 0.3) is 5.91 Å². The fourth-order valence-corrected chi connectivity index (χ4v) is 3.41. The van der Waals surface area contributed by atoms with E-state index in [0.29, 0.717) is 22.7 Å². The number of thiazole rings is 1. The number of nitrogens with two attached hydrogens (primary N) is 2. The van der Waals surface area contributed by atoms with Crippen molar-refractivity contribution in [2.45, 2.75) is 38.3 Å². The smallest absolute Gasteiger partial charge is 0.265 e. The summed E-state index contributed by atoms with van der Waals surface area (Å²) in [7, 11) is 0. The Morgan fingerprint density at radius 2 is 2.10 bits per heavy atom. The van der Waals surface area contributed by atoms with Crippen molar-refractivity contribution in [2.75, 3.05) is 23.7 Å². The topological polar surface area (TPSA) is 97.3 Å². The van der Waals surface area contributed by atoms with Crippen LogP contribution in [0.2, 0.25) is 0 Å². The van der Waals surface area contributed by atoms with Crippen molar-refractivity contribution in [1.82, 2.24) is 10.3 Å². The molecule has 1 saturated carbocycles. The molecule has 3 rings (SSSR count). The maximum Gasteiger partial charge on any atom is 0.265 e.